The fourth-order valence-electron chi connectivity index (χ4n) is 1.86. The van der Waals surface area contributed by atoms with Gasteiger partial charge in [0.05, 0.1) is 6.04 Å². The van der Waals surface area contributed by atoms with Gasteiger partial charge in [0.1, 0.15) is 11.6 Å². The number of benzene rings is 1. The fourth-order valence-corrected chi connectivity index (χ4v) is 2.92. The van der Waals surface area contributed by atoms with Gasteiger partial charge in [-0.2, -0.15) is 0 Å². The molecule has 0 spiro atoms. The van der Waals surface area contributed by atoms with Crippen LogP contribution in [-0.4, -0.2) is 0 Å². The number of nitrogens with two attached hydrogens (primary N) is 1. The second-order valence-corrected chi connectivity index (χ2v) is 5.34. The monoisotopic (exact) mass is 253 g/mol. The Hall–Kier alpha value is -1.26. The van der Waals surface area contributed by atoms with Crippen LogP contribution < -0.4 is 5.73 Å². The van der Waals surface area contributed by atoms with Gasteiger partial charge >= 0.3 is 0 Å². The average Bonchev–Trinajstić information content (AvgIpc) is 2.57. The molecule has 4 heteroatoms. The molecule has 0 fully saturated rings. The Morgan fingerprint density at radius 1 is 1.18 bits per heavy atom. The lowest BCUT2D eigenvalue weighted by Gasteiger charge is -2.12. The minimum absolute atomic E-state index is 0.330. The van der Waals surface area contributed by atoms with Crippen molar-refractivity contribution in [1.82, 2.24) is 0 Å². The molecule has 1 atom stereocenters. The highest BCUT2D eigenvalue weighted by atomic mass is 32.1. The summed E-state index contributed by atoms with van der Waals surface area (Å²) in [4.78, 5) is 2.06. The van der Waals surface area contributed by atoms with Crippen LogP contribution in [0, 0.1) is 25.5 Å². The smallest absolute Gasteiger partial charge is 0.131 e. The van der Waals surface area contributed by atoms with Crippen LogP contribution in [0.2, 0.25) is 0 Å². The van der Waals surface area contributed by atoms with Gasteiger partial charge in [-0.3, -0.25) is 0 Å². The van der Waals surface area contributed by atoms with Crippen LogP contribution in [0.4, 0.5) is 8.78 Å². The molecular formula is C13H13F2NS. The van der Waals surface area contributed by atoms with E-state index in [1.54, 1.807) is 11.3 Å². The van der Waals surface area contributed by atoms with Gasteiger partial charge in [-0.15, -0.1) is 11.3 Å². The number of halogens is 2. The lowest BCUT2D eigenvalue weighted by Crippen LogP contribution is -2.13. The summed E-state index contributed by atoms with van der Waals surface area (Å²) in [6, 6.07) is 4.98. The van der Waals surface area contributed by atoms with Crippen LogP contribution in [-0.2, 0) is 0 Å². The molecule has 1 nitrogen and oxygen atoms in total. The summed E-state index contributed by atoms with van der Waals surface area (Å²) in [5.74, 6) is -1.18. The van der Waals surface area contributed by atoms with E-state index in [9.17, 15) is 8.78 Å². The van der Waals surface area contributed by atoms with Crippen LogP contribution in [0.5, 0.6) is 0 Å². The van der Waals surface area contributed by atoms with E-state index < -0.39 is 17.7 Å². The standard InChI is InChI=1S/C13H13F2NS/c1-7-5-8(2)17-13(7)12(16)10-4-3-9(14)6-11(10)15/h3-6,12H,16H2,1-2H3. The quantitative estimate of drug-likeness (QED) is 0.867. The van der Waals surface area contributed by atoms with Crippen molar-refractivity contribution < 1.29 is 8.78 Å². The topological polar surface area (TPSA) is 26.0 Å². The summed E-state index contributed by atoms with van der Waals surface area (Å²) < 4.78 is 26.4. The highest BCUT2D eigenvalue weighted by molar-refractivity contribution is 7.12. The molecule has 0 radical (unpaired) electrons. The normalized spacial score (nSPS) is 12.8. The fraction of sp³-hybridized carbons (Fsp3) is 0.231. The van der Waals surface area contributed by atoms with Gasteiger partial charge in [0.25, 0.3) is 0 Å². The van der Waals surface area contributed by atoms with Crippen molar-refractivity contribution in [2.45, 2.75) is 19.9 Å². The van der Waals surface area contributed by atoms with Crippen LogP contribution in [0.15, 0.2) is 24.3 Å². The van der Waals surface area contributed by atoms with Crippen molar-refractivity contribution in [2.75, 3.05) is 0 Å². The first kappa shape index (κ1) is 12.2. The molecular weight excluding hydrogens is 240 g/mol. The van der Waals surface area contributed by atoms with E-state index in [4.69, 9.17) is 5.73 Å². The first-order valence-corrected chi connectivity index (χ1v) is 6.08. The third-order valence-corrected chi connectivity index (χ3v) is 3.90. The largest absolute Gasteiger partial charge is 0.320 e. The van der Waals surface area contributed by atoms with Gasteiger partial charge < -0.3 is 5.73 Å². The second kappa shape index (κ2) is 4.55. The Morgan fingerprint density at radius 3 is 2.41 bits per heavy atom. The Bertz CT molecular complexity index is 548. The van der Waals surface area contributed by atoms with Gasteiger partial charge in [0.2, 0.25) is 0 Å². The first-order valence-electron chi connectivity index (χ1n) is 5.26. The van der Waals surface area contributed by atoms with E-state index in [-0.39, 0.29) is 0 Å². The summed E-state index contributed by atoms with van der Waals surface area (Å²) in [6.45, 7) is 3.93. The van der Waals surface area contributed by atoms with Crippen molar-refractivity contribution in [1.29, 1.82) is 0 Å². The molecule has 1 heterocycles. The number of rotatable bonds is 2. The maximum absolute atomic E-state index is 13.6. The summed E-state index contributed by atoms with van der Waals surface area (Å²) in [5, 5.41) is 0. The molecule has 2 N–H and O–H groups in total. The lowest BCUT2D eigenvalue weighted by atomic mass is 10.0. The van der Waals surface area contributed by atoms with Crippen LogP contribution in [0.1, 0.15) is 26.9 Å². The van der Waals surface area contributed by atoms with E-state index in [0.717, 1.165) is 21.4 Å². The molecule has 0 aliphatic carbocycles. The zero-order valence-electron chi connectivity index (χ0n) is 9.63. The molecule has 2 aromatic rings. The van der Waals surface area contributed by atoms with Crippen molar-refractivity contribution in [3.05, 3.63) is 56.8 Å². The summed E-state index contributed by atoms with van der Waals surface area (Å²) in [6.07, 6.45) is 0. The summed E-state index contributed by atoms with van der Waals surface area (Å²) >= 11 is 1.54. The maximum Gasteiger partial charge on any atom is 0.131 e. The third-order valence-electron chi connectivity index (χ3n) is 2.66. The molecule has 1 unspecified atom stereocenters. The van der Waals surface area contributed by atoms with Crippen molar-refractivity contribution in [2.24, 2.45) is 5.73 Å². The number of thiophene rings is 1. The number of hydrogen-bond acceptors (Lipinski definition) is 2. The molecule has 17 heavy (non-hydrogen) atoms. The van der Waals surface area contributed by atoms with E-state index in [1.807, 2.05) is 19.9 Å². The van der Waals surface area contributed by atoms with E-state index in [0.29, 0.717) is 5.56 Å². The average molecular weight is 253 g/mol. The van der Waals surface area contributed by atoms with E-state index >= 15 is 0 Å². The highest BCUT2D eigenvalue weighted by Gasteiger charge is 2.17. The maximum atomic E-state index is 13.6. The molecule has 0 saturated carbocycles. The van der Waals surface area contributed by atoms with Crippen LogP contribution in [0.25, 0.3) is 0 Å². The number of hydrogen-bond donors (Lipinski definition) is 1. The molecule has 0 aliphatic heterocycles. The molecule has 0 saturated heterocycles. The lowest BCUT2D eigenvalue weighted by molar-refractivity contribution is 0.566. The van der Waals surface area contributed by atoms with Gasteiger partial charge in [0, 0.05) is 21.4 Å². The van der Waals surface area contributed by atoms with Gasteiger partial charge in [-0.05, 0) is 31.5 Å². The first-order chi connectivity index (χ1) is 7.99. The van der Waals surface area contributed by atoms with Crippen LogP contribution in [0.3, 0.4) is 0 Å². The predicted molar refractivity (Wildman–Crippen MR) is 66.2 cm³/mol. The van der Waals surface area contributed by atoms with Crippen LogP contribution >= 0.6 is 11.3 Å². The second-order valence-electron chi connectivity index (χ2n) is 4.05. The van der Waals surface area contributed by atoms with Crippen molar-refractivity contribution >= 4 is 11.3 Å². The van der Waals surface area contributed by atoms with E-state index in [2.05, 4.69) is 0 Å². The van der Waals surface area contributed by atoms with Crippen molar-refractivity contribution in [3.63, 3.8) is 0 Å². The van der Waals surface area contributed by atoms with Gasteiger partial charge in [0.15, 0.2) is 0 Å². The molecule has 0 bridgehead atoms. The summed E-state index contributed by atoms with van der Waals surface area (Å²) in [7, 11) is 0. The van der Waals surface area contributed by atoms with Gasteiger partial charge in [-0.1, -0.05) is 6.07 Å². The Kier molecular flexibility index (Phi) is 3.26. The Morgan fingerprint density at radius 2 is 1.88 bits per heavy atom. The molecule has 90 valence electrons. The molecule has 2 rings (SSSR count). The molecule has 0 amide bonds. The third kappa shape index (κ3) is 2.37. The molecule has 1 aromatic carbocycles. The Balaban J connectivity index is 2.43. The molecule has 1 aromatic heterocycles. The van der Waals surface area contributed by atoms with E-state index in [1.165, 1.54) is 12.1 Å². The highest BCUT2D eigenvalue weighted by Crippen LogP contribution is 2.31. The van der Waals surface area contributed by atoms with Gasteiger partial charge in [-0.25, -0.2) is 8.78 Å². The van der Waals surface area contributed by atoms with Crippen molar-refractivity contribution in [3.8, 4) is 0 Å². The number of aryl methyl sites for hydroxylation is 2. The SMILES string of the molecule is Cc1cc(C)c(C(N)c2ccc(F)cc2F)s1. The minimum atomic E-state index is -0.594. The molecule has 0 aliphatic rings. The predicted octanol–water partition coefficient (Wildman–Crippen LogP) is 3.69. The summed E-state index contributed by atoms with van der Waals surface area (Å²) in [5.41, 5.74) is 7.40. The zero-order valence-corrected chi connectivity index (χ0v) is 10.4. The zero-order chi connectivity index (χ0) is 12.6. The Labute approximate surface area is 103 Å². The minimum Gasteiger partial charge on any atom is -0.320 e.